The molecule has 1 amide bonds. The van der Waals surface area contributed by atoms with Crippen LogP contribution in [0.4, 0.5) is 9.18 Å². The van der Waals surface area contributed by atoms with E-state index in [9.17, 15) is 14.0 Å². The van der Waals surface area contributed by atoms with Crippen molar-refractivity contribution >= 4 is 12.1 Å². The summed E-state index contributed by atoms with van der Waals surface area (Å²) in [5.41, 5.74) is -2.24. The highest BCUT2D eigenvalue weighted by molar-refractivity contribution is 5.84. The quantitative estimate of drug-likeness (QED) is 0.780. The maximum atomic E-state index is 13.1. The zero-order chi connectivity index (χ0) is 13.3. The van der Waals surface area contributed by atoms with E-state index in [2.05, 4.69) is 5.32 Å². The molecule has 98 valence electrons. The summed E-state index contributed by atoms with van der Waals surface area (Å²) in [5.74, 6) is -1.22. The van der Waals surface area contributed by atoms with Gasteiger partial charge in [0.15, 0.2) is 0 Å². The molecule has 2 atom stereocenters. The van der Waals surface area contributed by atoms with Crippen molar-refractivity contribution in [2.45, 2.75) is 57.3 Å². The fourth-order valence-electron chi connectivity index (χ4n) is 1.85. The van der Waals surface area contributed by atoms with Crippen LogP contribution in [0.3, 0.4) is 0 Å². The van der Waals surface area contributed by atoms with Crippen LogP contribution in [0.1, 0.15) is 40.0 Å². The topological polar surface area (TPSA) is 75.6 Å². The molecule has 1 aliphatic rings. The lowest BCUT2D eigenvalue weighted by Crippen LogP contribution is -2.54. The number of carboxylic acid groups (broad SMARTS) is 1. The molecule has 5 nitrogen and oxygen atoms in total. The van der Waals surface area contributed by atoms with E-state index < -0.39 is 29.4 Å². The van der Waals surface area contributed by atoms with Crippen LogP contribution in [0.15, 0.2) is 0 Å². The molecule has 0 aromatic heterocycles. The predicted molar refractivity (Wildman–Crippen MR) is 58.5 cm³/mol. The maximum Gasteiger partial charge on any atom is 0.408 e. The fraction of sp³-hybridized carbons (Fsp3) is 0.818. The van der Waals surface area contributed by atoms with Gasteiger partial charge in [0.05, 0.1) is 0 Å². The maximum absolute atomic E-state index is 13.1. The minimum Gasteiger partial charge on any atom is -0.480 e. The number of carbonyl (C=O) groups excluding carboxylic acids is 1. The van der Waals surface area contributed by atoms with E-state index in [1.54, 1.807) is 20.8 Å². The van der Waals surface area contributed by atoms with E-state index in [-0.39, 0.29) is 19.3 Å². The Bertz CT molecular complexity index is 326. The van der Waals surface area contributed by atoms with Crippen LogP contribution in [-0.4, -0.2) is 34.5 Å². The molecule has 0 aromatic rings. The van der Waals surface area contributed by atoms with Gasteiger partial charge in [0.25, 0.3) is 0 Å². The van der Waals surface area contributed by atoms with E-state index in [1.807, 2.05) is 0 Å². The number of rotatable bonds is 2. The molecular weight excluding hydrogens is 229 g/mol. The summed E-state index contributed by atoms with van der Waals surface area (Å²) in [6, 6.07) is 0. The molecule has 0 aromatic carbocycles. The van der Waals surface area contributed by atoms with Gasteiger partial charge in [-0.15, -0.1) is 0 Å². The minimum absolute atomic E-state index is 0.0861. The fourth-order valence-corrected chi connectivity index (χ4v) is 1.85. The highest BCUT2D eigenvalue weighted by atomic mass is 19.1. The van der Waals surface area contributed by atoms with E-state index in [1.165, 1.54) is 0 Å². The minimum atomic E-state index is -1.53. The first-order valence-corrected chi connectivity index (χ1v) is 5.53. The summed E-state index contributed by atoms with van der Waals surface area (Å²) >= 11 is 0. The number of hydrogen-bond donors (Lipinski definition) is 2. The molecule has 1 aliphatic carbocycles. The van der Waals surface area contributed by atoms with Gasteiger partial charge in [0.1, 0.15) is 17.3 Å². The number of amides is 1. The normalized spacial score (nSPS) is 28.8. The molecule has 0 aliphatic heterocycles. The van der Waals surface area contributed by atoms with Gasteiger partial charge in [0.2, 0.25) is 0 Å². The molecule has 2 unspecified atom stereocenters. The first kappa shape index (κ1) is 13.7. The molecule has 0 heterocycles. The Balaban J connectivity index is 2.69. The van der Waals surface area contributed by atoms with Gasteiger partial charge in [-0.3, -0.25) is 0 Å². The average molecular weight is 247 g/mol. The summed E-state index contributed by atoms with van der Waals surface area (Å²) in [7, 11) is 0. The highest BCUT2D eigenvalue weighted by Gasteiger charge is 2.47. The van der Waals surface area contributed by atoms with Crippen LogP contribution >= 0.6 is 0 Å². The summed E-state index contributed by atoms with van der Waals surface area (Å²) < 4.78 is 18.1. The Morgan fingerprint density at radius 2 is 2.06 bits per heavy atom. The van der Waals surface area contributed by atoms with Crippen molar-refractivity contribution in [3.63, 3.8) is 0 Å². The van der Waals surface area contributed by atoms with Crippen LogP contribution in [0.25, 0.3) is 0 Å². The number of nitrogens with one attached hydrogen (secondary N) is 1. The third-order valence-corrected chi connectivity index (χ3v) is 2.60. The average Bonchev–Trinajstić information content (AvgIpc) is 2.44. The van der Waals surface area contributed by atoms with Crippen molar-refractivity contribution in [3.8, 4) is 0 Å². The van der Waals surface area contributed by atoms with Gasteiger partial charge in [-0.2, -0.15) is 0 Å². The molecule has 0 radical (unpaired) electrons. The molecule has 0 spiro atoms. The van der Waals surface area contributed by atoms with Crippen LogP contribution < -0.4 is 5.32 Å². The predicted octanol–water partition coefficient (Wildman–Crippen LogP) is 1.86. The van der Waals surface area contributed by atoms with Crippen LogP contribution in [0, 0.1) is 0 Å². The van der Waals surface area contributed by atoms with E-state index in [4.69, 9.17) is 9.84 Å². The molecule has 1 saturated carbocycles. The van der Waals surface area contributed by atoms with Crippen molar-refractivity contribution in [2.75, 3.05) is 0 Å². The standard InChI is InChI=1S/C11H18FNO4/c1-10(2,3)17-9(16)13-11(8(14)15)5-4-7(12)6-11/h7H,4-6H2,1-3H3,(H,13,16)(H,14,15). The third-order valence-electron chi connectivity index (χ3n) is 2.60. The summed E-state index contributed by atoms with van der Waals surface area (Å²) in [6.07, 6.45) is -2.00. The van der Waals surface area contributed by atoms with E-state index in [0.29, 0.717) is 0 Å². The van der Waals surface area contributed by atoms with Crippen molar-refractivity contribution in [2.24, 2.45) is 0 Å². The molecule has 6 heteroatoms. The van der Waals surface area contributed by atoms with Crippen molar-refractivity contribution < 1.29 is 23.8 Å². The lowest BCUT2D eigenvalue weighted by molar-refractivity contribution is -0.144. The second-order valence-corrected chi connectivity index (χ2v) is 5.35. The number of alkyl halides is 1. The molecule has 1 fully saturated rings. The van der Waals surface area contributed by atoms with E-state index >= 15 is 0 Å². The van der Waals surface area contributed by atoms with Crippen LogP contribution in [-0.2, 0) is 9.53 Å². The zero-order valence-corrected chi connectivity index (χ0v) is 10.2. The first-order chi connectivity index (χ1) is 7.65. The molecule has 1 rings (SSSR count). The molecule has 0 saturated heterocycles. The number of hydrogen-bond acceptors (Lipinski definition) is 3. The molecule has 17 heavy (non-hydrogen) atoms. The number of ether oxygens (including phenoxy) is 1. The van der Waals surface area contributed by atoms with Gasteiger partial charge in [-0.1, -0.05) is 0 Å². The van der Waals surface area contributed by atoms with Gasteiger partial charge in [0, 0.05) is 6.42 Å². The summed E-state index contributed by atoms with van der Waals surface area (Å²) in [6.45, 7) is 5.02. The number of aliphatic carboxylic acids is 1. The van der Waals surface area contributed by atoms with Gasteiger partial charge in [-0.25, -0.2) is 14.0 Å². The van der Waals surface area contributed by atoms with Crippen molar-refractivity contribution in [3.05, 3.63) is 0 Å². The Labute approximate surface area is 99.3 Å². The van der Waals surface area contributed by atoms with Crippen molar-refractivity contribution in [1.29, 1.82) is 0 Å². The molecular formula is C11H18FNO4. The summed E-state index contributed by atoms with van der Waals surface area (Å²) in [5, 5.41) is 11.4. The van der Waals surface area contributed by atoms with E-state index in [0.717, 1.165) is 0 Å². The third kappa shape index (κ3) is 3.57. The largest absolute Gasteiger partial charge is 0.480 e. The number of carboxylic acids is 1. The number of halogens is 1. The number of alkyl carbamates (subject to hydrolysis) is 1. The van der Waals surface area contributed by atoms with Gasteiger partial charge in [-0.05, 0) is 33.6 Å². The molecule has 0 bridgehead atoms. The lowest BCUT2D eigenvalue weighted by atomic mass is 9.98. The first-order valence-electron chi connectivity index (χ1n) is 5.53. The highest BCUT2D eigenvalue weighted by Crippen LogP contribution is 2.32. The van der Waals surface area contributed by atoms with Crippen LogP contribution in [0.2, 0.25) is 0 Å². The van der Waals surface area contributed by atoms with Crippen LogP contribution in [0.5, 0.6) is 0 Å². The Kier molecular flexibility index (Phi) is 3.64. The Morgan fingerprint density at radius 1 is 1.47 bits per heavy atom. The summed E-state index contributed by atoms with van der Waals surface area (Å²) in [4.78, 5) is 22.6. The van der Waals surface area contributed by atoms with Gasteiger partial charge < -0.3 is 15.2 Å². The van der Waals surface area contributed by atoms with Crippen molar-refractivity contribution in [1.82, 2.24) is 5.32 Å². The van der Waals surface area contributed by atoms with Gasteiger partial charge >= 0.3 is 12.1 Å². The molecule has 2 N–H and O–H groups in total. The second-order valence-electron chi connectivity index (χ2n) is 5.35. The number of carbonyl (C=O) groups is 2. The zero-order valence-electron chi connectivity index (χ0n) is 10.2. The Hall–Kier alpha value is -1.33. The second kappa shape index (κ2) is 4.50. The monoisotopic (exact) mass is 247 g/mol. The Morgan fingerprint density at radius 3 is 2.41 bits per heavy atom. The lowest BCUT2D eigenvalue weighted by Gasteiger charge is -2.27. The smallest absolute Gasteiger partial charge is 0.408 e. The SMILES string of the molecule is CC(C)(C)OC(=O)NC1(C(=O)O)CCC(F)C1.